The van der Waals surface area contributed by atoms with E-state index in [0.29, 0.717) is 6.61 Å². The van der Waals surface area contributed by atoms with Gasteiger partial charge in [-0.05, 0) is 65.0 Å². The van der Waals surface area contributed by atoms with Gasteiger partial charge in [0.15, 0.2) is 0 Å². The van der Waals surface area contributed by atoms with Crippen molar-refractivity contribution >= 4 is 6.09 Å². The average molecular weight is 362 g/mol. The Labute approximate surface area is 158 Å². The number of amides is 1. The van der Waals surface area contributed by atoms with Crippen LogP contribution in [-0.4, -0.2) is 35.0 Å². The third-order valence-electron chi connectivity index (χ3n) is 4.73. The summed E-state index contributed by atoms with van der Waals surface area (Å²) >= 11 is 0. The molecule has 146 valence electrons. The molecule has 0 unspecified atom stereocenters. The van der Waals surface area contributed by atoms with Gasteiger partial charge >= 0.3 is 6.09 Å². The molecule has 4 heteroatoms. The van der Waals surface area contributed by atoms with Crippen LogP contribution in [0.3, 0.4) is 0 Å². The molecule has 1 amide bonds. The van der Waals surface area contributed by atoms with Crippen molar-refractivity contribution < 1.29 is 14.3 Å². The predicted molar refractivity (Wildman–Crippen MR) is 105 cm³/mol. The summed E-state index contributed by atoms with van der Waals surface area (Å²) in [6.07, 6.45) is 5.38. The second kappa shape index (κ2) is 8.43. The van der Waals surface area contributed by atoms with Crippen LogP contribution in [0.5, 0.6) is 0 Å². The number of hydrogen-bond acceptors (Lipinski definition) is 3. The molecule has 1 saturated heterocycles. The molecule has 0 spiro atoms. The number of aryl methyl sites for hydroxylation is 1. The van der Waals surface area contributed by atoms with Crippen LogP contribution in [0.1, 0.15) is 71.9 Å². The van der Waals surface area contributed by atoms with E-state index in [1.165, 1.54) is 30.4 Å². The van der Waals surface area contributed by atoms with E-state index in [1.807, 2.05) is 34.6 Å². The molecule has 0 aliphatic carbocycles. The van der Waals surface area contributed by atoms with Gasteiger partial charge in [0.2, 0.25) is 0 Å². The Morgan fingerprint density at radius 2 is 1.81 bits per heavy atom. The van der Waals surface area contributed by atoms with Gasteiger partial charge < -0.3 is 9.47 Å². The Morgan fingerprint density at radius 3 is 2.38 bits per heavy atom. The molecule has 0 aromatic heterocycles. The molecule has 1 heterocycles. The Hall–Kier alpha value is -1.55. The highest BCUT2D eigenvalue weighted by atomic mass is 16.6. The van der Waals surface area contributed by atoms with Crippen LogP contribution in [0, 0.1) is 0 Å². The van der Waals surface area contributed by atoms with Crippen LogP contribution in [0.4, 0.5) is 4.79 Å². The van der Waals surface area contributed by atoms with E-state index in [0.717, 1.165) is 12.8 Å². The van der Waals surface area contributed by atoms with Crippen LogP contribution >= 0.6 is 0 Å². The van der Waals surface area contributed by atoms with E-state index in [9.17, 15) is 4.79 Å². The Kier molecular flexibility index (Phi) is 6.73. The zero-order chi connectivity index (χ0) is 19.4. The Balaban J connectivity index is 2.03. The maximum absolute atomic E-state index is 12.7. The average Bonchev–Trinajstić information content (AvgIpc) is 2.82. The van der Waals surface area contributed by atoms with Gasteiger partial charge in [-0.3, -0.25) is 4.90 Å². The molecule has 1 aliphatic rings. The maximum Gasteiger partial charge on any atom is 0.412 e. The van der Waals surface area contributed by atoms with Crippen molar-refractivity contribution in [3.63, 3.8) is 0 Å². The zero-order valence-electron chi connectivity index (χ0n) is 17.3. The molecule has 0 saturated carbocycles. The summed E-state index contributed by atoms with van der Waals surface area (Å²) < 4.78 is 11.5. The first-order valence-corrected chi connectivity index (χ1v) is 9.86. The first-order chi connectivity index (χ1) is 12.1. The highest BCUT2D eigenvalue weighted by Crippen LogP contribution is 2.31. The SMILES string of the molecule is CCCCCc1ccc(C[C@H]2COC(C)(C)N2C(=O)OC(C)(C)C)cc1. The maximum atomic E-state index is 12.7. The Bertz CT molecular complexity index is 586. The van der Waals surface area contributed by atoms with Gasteiger partial charge in [0.05, 0.1) is 12.6 Å². The molecule has 1 aliphatic heterocycles. The third-order valence-corrected chi connectivity index (χ3v) is 4.73. The van der Waals surface area contributed by atoms with E-state index >= 15 is 0 Å². The molecule has 1 aromatic carbocycles. The van der Waals surface area contributed by atoms with Gasteiger partial charge in [-0.25, -0.2) is 4.79 Å². The smallest absolute Gasteiger partial charge is 0.412 e. The lowest BCUT2D eigenvalue weighted by atomic mass is 10.0. The summed E-state index contributed by atoms with van der Waals surface area (Å²) in [5, 5.41) is 0. The van der Waals surface area contributed by atoms with Gasteiger partial charge in [-0.1, -0.05) is 44.0 Å². The summed E-state index contributed by atoms with van der Waals surface area (Å²) in [4.78, 5) is 14.5. The minimum absolute atomic E-state index is 0.00853. The van der Waals surface area contributed by atoms with E-state index in [2.05, 4.69) is 31.2 Å². The number of carbonyl (C=O) groups is 1. The number of rotatable bonds is 6. The van der Waals surface area contributed by atoms with Gasteiger partial charge in [0, 0.05) is 0 Å². The lowest BCUT2D eigenvalue weighted by Crippen LogP contribution is -2.50. The zero-order valence-corrected chi connectivity index (χ0v) is 17.3. The van der Waals surface area contributed by atoms with Crippen LogP contribution in [0.15, 0.2) is 24.3 Å². The number of hydrogen-bond donors (Lipinski definition) is 0. The van der Waals surface area contributed by atoms with E-state index in [4.69, 9.17) is 9.47 Å². The topological polar surface area (TPSA) is 38.8 Å². The van der Waals surface area contributed by atoms with Gasteiger partial charge in [-0.2, -0.15) is 0 Å². The van der Waals surface area contributed by atoms with E-state index in [1.54, 1.807) is 4.90 Å². The van der Waals surface area contributed by atoms with Crippen molar-refractivity contribution in [2.24, 2.45) is 0 Å². The molecule has 0 bridgehead atoms. The molecule has 0 N–H and O–H groups in total. The van der Waals surface area contributed by atoms with Crippen LogP contribution in [0.25, 0.3) is 0 Å². The molecular formula is C22H35NO3. The summed E-state index contributed by atoms with van der Waals surface area (Å²) in [5.74, 6) is 0. The summed E-state index contributed by atoms with van der Waals surface area (Å²) in [6.45, 7) is 12.3. The summed E-state index contributed by atoms with van der Waals surface area (Å²) in [7, 11) is 0. The van der Waals surface area contributed by atoms with Crippen molar-refractivity contribution in [3.8, 4) is 0 Å². The summed E-state index contributed by atoms with van der Waals surface area (Å²) in [5.41, 5.74) is 1.45. The molecule has 4 nitrogen and oxygen atoms in total. The number of benzene rings is 1. The van der Waals surface area contributed by atoms with Crippen LogP contribution in [-0.2, 0) is 22.3 Å². The highest BCUT2D eigenvalue weighted by molar-refractivity contribution is 5.69. The van der Waals surface area contributed by atoms with Crippen molar-refractivity contribution in [1.82, 2.24) is 4.90 Å². The quantitative estimate of drug-likeness (QED) is 0.643. The fourth-order valence-corrected chi connectivity index (χ4v) is 3.41. The number of nitrogens with zero attached hydrogens (tertiary/aromatic N) is 1. The molecule has 2 rings (SSSR count). The van der Waals surface area contributed by atoms with Crippen molar-refractivity contribution in [2.45, 2.75) is 91.0 Å². The fraction of sp³-hybridized carbons (Fsp3) is 0.682. The Morgan fingerprint density at radius 1 is 1.19 bits per heavy atom. The monoisotopic (exact) mass is 361 g/mol. The minimum atomic E-state index is -0.646. The largest absolute Gasteiger partial charge is 0.444 e. The minimum Gasteiger partial charge on any atom is -0.444 e. The number of ether oxygens (including phenoxy) is 2. The second-order valence-electron chi connectivity index (χ2n) is 8.74. The van der Waals surface area contributed by atoms with E-state index in [-0.39, 0.29) is 12.1 Å². The normalized spacial score (nSPS) is 19.6. The standard InChI is InChI=1S/C22H35NO3/c1-7-8-9-10-17-11-13-18(14-12-17)15-19-16-25-22(5,6)23(19)20(24)26-21(2,3)4/h11-14,19H,7-10,15-16H2,1-6H3/t19-/m0/s1. The number of unbranched alkanes of at least 4 members (excludes halogenated alkanes) is 2. The highest BCUT2D eigenvalue weighted by Gasteiger charge is 2.45. The van der Waals surface area contributed by atoms with Gasteiger partial charge in [0.25, 0.3) is 0 Å². The summed E-state index contributed by atoms with van der Waals surface area (Å²) in [6, 6.07) is 8.78. The molecule has 26 heavy (non-hydrogen) atoms. The molecule has 1 aromatic rings. The van der Waals surface area contributed by atoms with Crippen molar-refractivity contribution in [1.29, 1.82) is 0 Å². The van der Waals surface area contributed by atoms with Crippen LogP contribution < -0.4 is 0 Å². The van der Waals surface area contributed by atoms with E-state index < -0.39 is 11.3 Å². The molecule has 1 fully saturated rings. The van der Waals surface area contributed by atoms with Crippen molar-refractivity contribution in [3.05, 3.63) is 35.4 Å². The van der Waals surface area contributed by atoms with Gasteiger partial charge in [0.1, 0.15) is 11.3 Å². The van der Waals surface area contributed by atoms with Crippen LogP contribution in [0.2, 0.25) is 0 Å². The fourth-order valence-electron chi connectivity index (χ4n) is 3.41. The first-order valence-electron chi connectivity index (χ1n) is 9.86. The lowest BCUT2D eigenvalue weighted by molar-refractivity contribution is -0.0624. The van der Waals surface area contributed by atoms with Crippen molar-refractivity contribution in [2.75, 3.05) is 6.61 Å². The lowest BCUT2D eigenvalue weighted by Gasteiger charge is -2.35. The first kappa shape index (κ1) is 20.8. The molecule has 0 radical (unpaired) electrons. The van der Waals surface area contributed by atoms with Gasteiger partial charge in [-0.15, -0.1) is 0 Å². The predicted octanol–water partition coefficient (Wildman–Crippen LogP) is 5.33. The third kappa shape index (κ3) is 5.73. The molecule has 1 atom stereocenters. The second-order valence-corrected chi connectivity index (χ2v) is 8.74. The molecular weight excluding hydrogens is 326 g/mol. The number of carbonyl (C=O) groups excluding carboxylic acids is 1.